The lowest BCUT2D eigenvalue weighted by atomic mass is 10.1. The van der Waals surface area contributed by atoms with Gasteiger partial charge in [-0.3, -0.25) is 0 Å². The molecule has 6 nitrogen and oxygen atoms in total. The Labute approximate surface area is 142 Å². The number of methoxy groups -OCH3 is 2. The molecule has 0 spiro atoms. The zero-order valence-corrected chi connectivity index (χ0v) is 14.8. The molecule has 0 amide bonds. The molecule has 22 heavy (non-hydrogen) atoms. The average Bonchev–Trinajstić information content (AvgIpc) is 2.47. The minimum absolute atomic E-state index is 0. The zero-order chi connectivity index (χ0) is 15.6. The van der Waals surface area contributed by atoms with Crippen LogP contribution in [0.2, 0.25) is 5.02 Å². The molecule has 1 fully saturated rings. The predicted octanol–water partition coefficient (Wildman–Crippen LogP) is 1.89. The van der Waals surface area contributed by atoms with E-state index in [9.17, 15) is 8.42 Å². The van der Waals surface area contributed by atoms with Gasteiger partial charge in [0.15, 0.2) is 11.5 Å². The third kappa shape index (κ3) is 3.78. The van der Waals surface area contributed by atoms with E-state index in [4.69, 9.17) is 26.8 Å². The maximum Gasteiger partial charge on any atom is 0.244 e. The van der Waals surface area contributed by atoms with Gasteiger partial charge in [0.1, 0.15) is 4.90 Å². The molecule has 9 heteroatoms. The lowest BCUT2D eigenvalue weighted by Crippen LogP contribution is -2.42. The Kier molecular flexibility index (Phi) is 6.76. The predicted molar refractivity (Wildman–Crippen MR) is 87.8 cm³/mol. The van der Waals surface area contributed by atoms with Crippen LogP contribution < -0.4 is 15.2 Å². The van der Waals surface area contributed by atoms with Crippen LogP contribution >= 0.6 is 24.0 Å². The van der Waals surface area contributed by atoms with E-state index in [-0.39, 0.29) is 28.4 Å². The fourth-order valence-corrected chi connectivity index (χ4v) is 4.27. The van der Waals surface area contributed by atoms with Crippen LogP contribution in [0.4, 0.5) is 0 Å². The summed E-state index contributed by atoms with van der Waals surface area (Å²) >= 11 is 6.10. The molecule has 1 saturated heterocycles. The van der Waals surface area contributed by atoms with E-state index in [1.165, 1.54) is 30.7 Å². The van der Waals surface area contributed by atoms with E-state index in [0.29, 0.717) is 37.4 Å². The molecule has 0 bridgehead atoms. The molecule has 2 N–H and O–H groups in total. The Bertz CT molecular complexity index is 617. The summed E-state index contributed by atoms with van der Waals surface area (Å²) in [7, 11) is -0.750. The number of nitrogens with two attached hydrogens (primary N) is 1. The monoisotopic (exact) mass is 370 g/mol. The van der Waals surface area contributed by atoms with E-state index >= 15 is 0 Å². The van der Waals surface area contributed by atoms with Gasteiger partial charge in [0.2, 0.25) is 10.0 Å². The normalized spacial score (nSPS) is 16.9. The summed E-state index contributed by atoms with van der Waals surface area (Å²) in [5.74, 6) is 0.719. The van der Waals surface area contributed by atoms with Crippen molar-refractivity contribution in [2.45, 2.75) is 23.8 Å². The first-order valence-corrected chi connectivity index (χ1v) is 8.39. The first-order chi connectivity index (χ1) is 9.90. The van der Waals surface area contributed by atoms with Crippen molar-refractivity contribution in [3.63, 3.8) is 0 Å². The zero-order valence-electron chi connectivity index (χ0n) is 12.4. The first-order valence-electron chi connectivity index (χ1n) is 6.57. The highest BCUT2D eigenvalue weighted by Gasteiger charge is 2.31. The van der Waals surface area contributed by atoms with Gasteiger partial charge < -0.3 is 15.2 Å². The number of sulfonamides is 1. The van der Waals surface area contributed by atoms with E-state index in [0.717, 1.165) is 0 Å². The maximum atomic E-state index is 12.7. The second-order valence-electron chi connectivity index (χ2n) is 4.88. The lowest BCUT2D eigenvalue weighted by Gasteiger charge is -2.29. The molecule has 0 saturated carbocycles. The first kappa shape index (κ1) is 19.3. The topological polar surface area (TPSA) is 81.9 Å². The molecule has 0 unspecified atom stereocenters. The third-order valence-electron chi connectivity index (χ3n) is 3.55. The van der Waals surface area contributed by atoms with E-state index in [1.54, 1.807) is 0 Å². The largest absolute Gasteiger partial charge is 0.493 e. The molecule has 1 aliphatic heterocycles. The average molecular weight is 371 g/mol. The Balaban J connectivity index is 0.00000242. The summed E-state index contributed by atoms with van der Waals surface area (Å²) in [5.41, 5.74) is 5.81. The lowest BCUT2D eigenvalue weighted by molar-refractivity contribution is 0.319. The van der Waals surface area contributed by atoms with Crippen molar-refractivity contribution < 1.29 is 17.9 Å². The Morgan fingerprint density at radius 3 is 2.18 bits per heavy atom. The standard InChI is InChI=1S/C13H19ClN2O4S.ClH/c1-19-11-7-10(14)13(8-12(11)20-2)21(17,18)16-5-3-9(15)4-6-16;/h7-9H,3-6,15H2,1-2H3;1H. The van der Waals surface area contributed by atoms with Crippen molar-refractivity contribution >= 4 is 34.0 Å². The van der Waals surface area contributed by atoms with Crippen LogP contribution in [-0.2, 0) is 10.0 Å². The van der Waals surface area contributed by atoms with Crippen molar-refractivity contribution in [2.24, 2.45) is 5.73 Å². The molecule has 1 aromatic rings. The van der Waals surface area contributed by atoms with Gasteiger partial charge in [-0.1, -0.05) is 11.6 Å². The van der Waals surface area contributed by atoms with Crippen LogP contribution in [0.15, 0.2) is 17.0 Å². The van der Waals surface area contributed by atoms with Gasteiger partial charge in [-0.05, 0) is 12.8 Å². The highest BCUT2D eigenvalue weighted by molar-refractivity contribution is 7.89. The summed E-state index contributed by atoms with van der Waals surface area (Å²) in [6.07, 6.45) is 1.29. The summed E-state index contributed by atoms with van der Waals surface area (Å²) in [6, 6.07) is 2.89. The molecule has 2 rings (SSSR count). The summed E-state index contributed by atoms with van der Waals surface area (Å²) < 4.78 is 37.0. The third-order valence-corrected chi connectivity index (χ3v) is 5.92. The number of rotatable bonds is 4. The van der Waals surface area contributed by atoms with E-state index < -0.39 is 10.0 Å². The smallest absolute Gasteiger partial charge is 0.244 e. The highest BCUT2D eigenvalue weighted by Crippen LogP contribution is 2.36. The summed E-state index contributed by atoms with van der Waals surface area (Å²) in [6.45, 7) is 0.794. The number of benzene rings is 1. The van der Waals surface area contributed by atoms with Gasteiger partial charge >= 0.3 is 0 Å². The maximum absolute atomic E-state index is 12.7. The van der Waals surface area contributed by atoms with Crippen LogP contribution in [0, 0.1) is 0 Å². The molecule has 0 radical (unpaired) electrons. The Hall–Kier alpha value is -0.730. The van der Waals surface area contributed by atoms with Gasteiger partial charge in [0.25, 0.3) is 0 Å². The van der Waals surface area contributed by atoms with Gasteiger partial charge in [0, 0.05) is 31.3 Å². The quantitative estimate of drug-likeness (QED) is 0.874. The number of hydrogen-bond donors (Lipinski definition) is 1. The number of nitrogens with zero attached hydrogens (tertiary/aromatic N) is 1. The molecular weight excluding hydrogens is 351 g/mol. The van der Waals surface area contributed by atoms with Crippen LogP contribution in [0.25, 0.3) is 0 Å². The van der Waals surface area contributed by atoms with Crippen molar-refractivity contribution in [1.29, 1.82) is 0 Å². The Morgan fingerprint density at radius 1 is 1.18 bits per heavy atom. The van der Waals surface area contributed by atoms with Crippen molar-refractivity contribution in [2.75, 3.05) is 27.3 Å². The number of hydrogen-bond acceptors (Lipinski definition) is 5. The molecule has 0 atom stereocenters. The number of halogens is 2. The van der Waals surface area contributed by atoms with Crippen molar-refractivity contribution in [1.82, 2.24) is 4.31 Å². The highest BCUT2D eigenvalue weighted by atomic mass is 35.5. The fraction of sp³-hybridized carbons (Fsp3) is 0.538. The second kappa shape index (κ2) is 7.70. The molecule has 1 aromatic carbocycles. The SMILES string of the molecule is COc1cc(Cl)c(S(=O)(=O)N2CCC(N)CC2)cc1OC.Cl. The molecule has 1 aliphatic rings. The van der Waals surface area contributed by atoms with Crippen LogP contribution in [-0.4, -0.2) is 46.1 Å². The molecule has 0 aromatic heterocycles. The summed E-state index contributed by atoms with van der Waals surface area (Å²) in [4.78, 5) is 0.0253. The molecule has 0 aliphatic carbocycles. The van der Waals surface area contributed by atoms with Gasteiger partial charge in [-0.2, -0.15) is 4.31 Å². The molecule has 126 valence electrons. The van der Waals surface area contributed by atoms with Crippen molar-refractivity contribution in [3.05, 3.63) is 17.2 Å². The van der Waals surface area contributed by atoms with Gasteiger partial charge in [-0.25, -0.2) is 8.42 Å². The van der Waals surface area contributed by atoms with E-state index in [2.05, 4.69) is 0 Å². The molecule has 1 heterocycles. The molecular formula is C13H20Cl2N2O4S. The summed E-state index contributed by atoms with van der Waals surface area (Å²) in [5, 5.41) is 0.113. The number of ether oxygens (including phenoxy) is 2. The fourth-order valence-electron chi connectivity index (χ4n) is 2.29. The van der Waals surface area contributed by atoms with Crippen LogP contribution in [0.3, 0.4) is 0 Å². The van der Waals surface area contributed by atoms with Gasteiger partial charge in [0.05, 0.1) is 19.2 Å². The van der Waals surface area contributed by atoms with Crippen LogP contribution in [0.1, 0.15) is 12.8 Å². The van der Waals surface area contributed by atoms with E-state index in [1.807, 2.05) is 0 Å². The second-order valence-corrected chi connectivity index (χ2v) is 7.19. The van der Waals surface area contributed by atoms with Crippen molar-refractivity contribution in [3.8, 4) is 11.5 Å². The minimum Gasteiger partial charge on any atom is -0.493 e. The number of piperidine rings is 1. The minimum atomic E-state index is -3.66. The Morgan fingerprint density at radius 2 is 1.68 bits per heavy atom. The van der Waals surface area contributed by atoms with Gasteiger partial charge in [-0.15, -0.1) is 12.4 Å². The van der Waals surface area contributed by atoms with Crippen LogP contribution in [0.5, 0.6) is 11.5 Å².